The van der Waals surface area contributed by atoms with E-state index in [9.17, 15) is 13.2 Å². The maximum Gasteiger partial charge on any atom is 0.309 e. The molecule has 1 atom stereocenters. The number of rotatable bonds is 4. The van der Waals surface area contributed by atoms with E-state index in [0.717, 1.165) is 24.0 Å². The summed E-state index contributed by atoms with van der Waals surface area (Å²) in [6, 6.07) is 7.77. The normalized spacial score (nSPS) is 20.2. The molecular weight excluding hydrogens is 290 g/mol. The Morgan fingerprint density at radius 3 is 2.86 bits per heavy atom. The second-order valence-electron chi connectivity index (χ2n) is 5.46. The number of hydrogen-bond acceptors (Lipinski definition) is 4. The largest absolute Gasteiger partial charge is 0.469 e. The number of benzene rings is 1. The van der Waals surface area contributed by atoms with Crippen molar-refractivity contribution in [2.24, 2.45) is 0 Å². The monoisotopic (exact) mass is 311 g/mol. The van der Waals surface area contributed by atoms with Gasteiger partial charge >= 0.3 is 5.97 Å². The molecule has 0 aliphatic carbocycles. The fourth-order valence-electron chi connectivity index (χ4n) is 2.71. The standard InChI is InChI=1S/C15H21NO4S/c1-20-15(17)10-12-5-3-6-13(9-12)14-7-4-8-16(11-14)21(2,18)19/h3,5-6,9,14H,4,7-8,10-11H2,1-2H3. The van der Waals surface area contributed by atoms with Gasteiger partial charge in [-0.2, -0.15) is 0 Å². The third-order valence-electron chi connectivity index (χ3n) is 3.85. The zero-order chi connectivity index (χ0) is 15.5. The molecule has 1 unspecified atom stereocenters. The number of carbonyl (C=O) groups is 1. The van der Waals surface area contributed by atoms with Crippen molar-refractivity contribution < 1.29 is 17.9 Å². The number of nitrogens with zero attached hydrogens (tertiary/aromatic N) is 1. The van der Waals surface area contributed by atoms with Gasteiger partial charge in [-0.3, -0.25) is 4.79 Å². The Bertz CT molecular complexity index is 612. The summed E-state index contributed by atoms with van der Waals surface area (Å²) >= 11 is 0. The minimum absolute atomic E-state index is 0.186. The van der Waals surface area contributed by atoms with Gasteiger partial charge < -0.3 is 4.74 Å². The molecule has 1 saturated heterocycles. The number of ether oxygens (including phenoxy) is 1. The SMILES string of the molecule is COC(=O)Cc1cccc(C2CCCN(S(C)(=O)=O)C2)c1. The number of carbonyl (C=O) groups excluding carboxylic acids is 1. The predicted octanol–water partition coefficient (Wildman–Crippen LogP) is 1.54. The zero-order valence-electron chi connectivity index (χ0n) is 12.4. The van der Waals surface area contributed by atoms with Crippen LogP contribution in [0.25, 0.3) is 0 Å². The van der Waals surface area contributed by atoms with Crippen LogP contribution in [-0.2, 0) is 26.0 Å². The summed E-state index contributed by atoms with van der Waals surface area (Å²) in [7, 11) is -1.77. The fraction of sp³-hybridized carbons (Fsp3) is 0.533. The van der Waals surface area contributed by atoms with Crippen LogP contribution in [0.15, 0.2) is 24.3 Å². The van der Waals surface area contributed by atoms with Crippen LogP contribution in [0.4, 0.5) is 0 Å². The first kappa shape index (κ1) is 16.0. The number of methoxy groups -OCH3 is 1. The smallest absolute Gasteiger partial charge is 0.309 e. The van der Waals surface area contributed by atoms with Gasteiger partial charge in [-0.1, -0.05) is 24.3 Å². The van der Waals surface area contributed by atoms with E-state index in [0.29, 0.717) is 13.1 Å². The Hall–Kier alpha value is -1.40. The summed E-state index contributed by atoms with van der Waals surface area (Å²) in [5, 5.41) is 0. The van der Waals surface area contributed by atoms with Gasteiger partial charge in [0, 0.05) is 13.1 Å². The average molecular weight is 311 g/mol. The molecule has 5 nitrogen and oxygen atoms in total. The van der Waals surface area contributed by atoms with Crippen molar-refractivity contribution in [2.45, 2.75) is 25.2 Å². The molecule has 0 aromatic heterocycles. The summed E-state index contributed by atoms with van der Waals surface area (Å²) in [4.78, 5) is 11.3. The highest BCUT2D eigenvalue weighted by Gasteiger charge is 2.26. The summed E-state index contributed by atoms with van der Waals surface area (Å²) < 4.78 is 29.6. The Balaban J connectivity index is 2.14. The molecule has 0 radical (unpaired) electrons. The van der Waals surface area contributed by atoms with Gasteiger partial charge in [-0.05, 0) is 29.9 Å². The van der Waals surface area contributed by atoms with Gasteiger partial charge in [-0.15, -0.1) is 0 Å². The Morgan fingerprint density at radius 2 is 2.19 bits per heavy atom. The van der Waals surface area contributed by atoms with Crippen LogP contribution in [-0.4, -0.2) is 45.1 Å². The number of piperidine rings is 1. The molecule has 6 heteroatoms. The molecule has 0 bridgehead atoms. The average Bonchev–Trinajstić information content (AvgIpc) is 2.46. The quantitative estimate of drug-likeness (QED) is 0.791. The number of sulfonamides is 1. The minimum Gasteiger partial charge on any atom is -0.469 e. The van der Waals surface area contributed by atoms with Crippen molar-refractivity contribution in [1.82, 2.24) is 4.31 Å². The van der Waals surface area contributed by atoms with Crippen molar-refractivity contribution in [1.29, 1.82) is 0 Å². The lowest BCUT2D eigenvalue weighted by Gasteiger charge is -2.31. The van der Waals surface area contributed by atoms with Gasteiger partial charge in [0.1, 0.15) is 0 Å². The molecule has 1 aliphatic rings. The highest BCUT2D eigenvalue weighted by Crippen LogP contribution is 2.28. The molecular formula is C15H21NO4S. The topological polar surface area (TPSA) is 63.7 Å². The number of hydrogen-bond donors (Lipinski definition) is 0. The molecule has 2 rings (SSSR count). The lowest BCUT2D eigenvalue weighted by Crippen LogP contribution is -2.38. The molecule has 116 valence electrons. The van der Waals surface area contributed by atoms with E-state index < -0.39 is 10.0 Å². The molecule has 1 aliphatic heterocycles. The van der Waals surface area contributed by atoms with E-state index in [-0.39, 0.29) is 18.3 Å². The predicted molar refractivity (Wildman–Crippen MR) is 80.6 cm³/mol. The fourth-order valence-corrected chi connectivity index (χ4v) is 3.62. The minimum atomic E-state index is -3.14. The van der Waals surface area contributed by atoms with Crippen LogP contribution in [0, 0.1) is 0 Å². The van der Waals surface area contributed by atoms with Crippen LogP contribution in [0.2, 0.25) is 0 Å². The second-order valence-corrected chi connectivity index (χ2v) is 7.44. The Kier molecular flexibility index (Phi) is 5.00. The highest BCUT2D eigenvalue weighted by atomic mass is 32.2. The van der Waals surface area contributed by atoms with E-state index in [1.165, 1.54) is 17.7 Å². The molecule has 0 amide bonds. The van der Waals surface area contributed by atoms with Crippen LogP contribution in [0.3, 0.4) is 0 Å². The summed E-state index contributed by atoms with van der Waals surface area (Å²) in [5.41, 5.74) is 1.99. The molecule has 1 aromatic rings. The Labute approximate surface area is 126 Å². The highest BCUT2D eigenvalue weighted by molar-refractivity contribution is 7.88. The van der Waals surface area contributed by atoms with Gasteiger partial charge in [0.05, 0.1) is 19.8 Å². The molecule has 0 saturated carbocycles. The molecule has 1 fully saturated rings. The van der Waals surface area contributed by atoms with E-state index in [4.69, 9.17) is 0 Å². The van der Waals surface area contributed by atoms with Gasteiger partial charge in [0.25, 0.3) is 0 Å². The van der Waals surface area contributed by atoms with Crippen LogP contribution >= 0.6 is 0 Å². The van der Waals surface area contributed by atoms with Crippen LogP contribution in [0.1, 0.15) is 29.9 Å². The number of esters is 1. The lowest BCUT2D eigenvalue weighted by molar-refractivity contribution is -0.139. The van der Waals surface area contributed by atoms with E-state index in [1.54, 1.807) is 0 Å². The van der Waals surface area contributed by atoms with Crippen LogP contribution < -0.4 is 0 Å². The third-order valence-corrected chi connectivity index (χ3v) is 5.12. The van der Waals surface area contributed by atoms with E-state index in [1.807, 2.05) is 24.3 Å². The van der Waals surface area contributed by atoms with E-state index >= 15 is 0 Å². The summed E-state index contributed by atoms with van der Waals surface area (Å²) in [5.74, 6) is -0.0837. The van der Waals surface area contributed by atoms with Crippen molar-refractivity contribution in [2.75, 3.05) is 26.5 Å². The summed E-state index contributed by atoms with van der Waals surface area (Å²) in [6.45, 7) is 1.11. The third kappa shape index (κ3) is 4.28. The van der Waals surface area contributed by atoms with Crippen LogP contribution in [0.5, 0.6) is 0 Å². The van der Waals surface area contributed by atoms with E-state index in [2.05, 4.69) is 4.74 Å². The Morgan fingerprint density at radius 1 is 1.43 bits per heavy atom. The molecule has 21 heavy (non-hydrogen) atoms. The molecule has 0 spiro atoms. The molecule has 0 N–H and O–H groups in total. The molecule has 1 aromatic carbocycles. The van der Waals surface area contributed by atoms with Crippen molar-refractivity contribution in [3.63, 3.8) is 0 Å². The zero-order valence-corrected chi connectivity index (χ0v) is 13.2. The summed E-state index contributed by atoms with van der Waals surface area (Å²) in [6.07, 6.45) is 3.32. The first-order chi connectivity index (χ1) is 9.90. The first-order valence-electron chi connectivity index (χ1n) is 7.01. The van der Waals surface area contributed by atoms with Gasteiger partial charge in [-0.25, -0.2) is 12.7 Å². The lowest BCUT2D eigenvalue weighted by atomic mass is 9.90. The first-order valence-corrected chi connectivity index (χ1v) is 8.86. The molecule has 1 heterocycles. The van der Waals surface area contributed by atoms with Gasteiger partial charge in [0.15, 0.2) is 0 Å². The van der Waals surface area contributed by atoms with Gasteiger partial charge in [0.2, 0.25) is 10.0 Å². The maximum absolute atomic E-state index is 11.7. The van der Waals surface area contributed by atoms with Crippen molar-refractivity contribution in [3.05, 3.63) is 35.4 Å². The maximum atomic E-state index is 11.7. The second kappa shape index (κ2) is 6.58. The van der Waals surface area contributed by atoms with Crippen molar-refractivity contribution >= 4 is 16.0 Å². The van der Waals surface area contributed by atoms with Crippen molar-refractivity contribution in [3.8, 4) is 0 Å².